The molecule has 0 amide bonds. The van der Waals surface area contributed by atoms with Crippen molar-refractivity contribution in [2.24, 2.45) is 0 Å². The Hall–Kier alpha value is -2.11. The summed E-state index contributed by atoms with van der Waals surface area (Å²) in [5.74, 6) is -0.517. The van der Waals surface area contributed by atoms with Gasteiger partial charge < -0.3 is 10.1 Å². The molecule has 20 heavy (non-hydrogen) atoms. The van der Waals surface area contributed by atoms with Gasteiger partial charge >= 0.3 is 5.97 Å². The Kier molecular flexibility index (Phi) is 5.07. The van der Waals surface area contributed by atoms with Crippen LogP contribution in [-0.4, -0.2) is 23.5 Å². The van der Waals surface area contributed by atoms with Gasteiger partial charge in [-0.1, -0.05) is 13.3 Å². The predicted octanol–water partition coefficient (Wildman–Crippen LogP) is 3.37. The van der Waals surface area contributed by atoms with Crippen LogP contribution in [0.2, 0.25) is 0 Å². The highest BCUT2D eigenvalue weighted by atomic mass is 16.6. The minimum Gasteiger partial charge on any atom is -0.465 e. The fraction of sp³-hybridized carbons (Fsp3) is 0.500. The van der Waals surface area contributed by atoms with Gasteiger partial charge in [0.1, 0.15) is 5.69 Å². The summed E-state index contributed by atoms with van der Waals surface area (Å²) < 4.78 is 4.63. The van der Waals surface area contributed by atoms with Crippen LogP contribution in [0.25, 0.3) is 0 Å². The molecule has 1 N–H and O–H groups in total. The first kappa shape index (κ1) is 15.9. The summed E-state index contributed by atoms with van der Waals surface area (Å²) >= 11 is 0. The molecule has 0 aliphatic rings. The second kappa shape index (κ2) is 6.36. The van der Waals surface area contributed by atoms with E-state index in [0.717, 1.165) is 12.8 Å². The Balaban J connectivity index is 3.19. The van der Waals surface area contributed by atoms with Crippen molar-refractivity contribution in [2.75, 3.05) is 12.4 Å². The lowest BCUT2D eigenvalue weighted by Gasteiger charge is -2.27. The maximum atomic E-state index is 11.5. The fourth-order valence-electron chi connectivity index (χ4n) is 2.09. The van der Waals surface area contributed by atoms with E-state index in [2.05, 4.69) is 10.1 Å². The van der Waals surface area contributed by atoms with Gasteiger partial charge in [0, 0.05) is 11.6 Å². The van der Waals surface area contributed by atoms with Crippen molar-refractivity contribution in [1.29, 1.82) is 0 Å². The lowest BCUT2D eigenvalue weighted by atomic mass is 9.98. The zero-order valence-corrected chi connectivity index (χ0v) is 12.2. The third-order valence-corrected chi connectivity index (χ3v) is 2.96. The van der Waals surface area contributed by atoms with E-state index in [-0.39, 0.29) is 16.8 Å². The number of carbonyl (C=O) groups is 1. The van der Waals surface area contributed by atoms with Crippen LogP contribution in [0.4, 0.5) is 11.4 Å². The van der Waals surface area contributed by atoms with Crippen molar-refractivity contribution in [3.63, 3.8) is 0 Å². The van der Waals surface area contributed by atoms with E-state index in [1.165, 1.54) is 25.3 Å². The number of hydrogen-bond acceptors (Lipinski definition) is 5. The normalized spacial score (nSPS) is 11.0. The number of anilines is 1. The molecule has 1 aromatic rings. The first-order valence-electron chi connectivity index (χ1n) is 6.45. The maximum Gasteiger partial charge on any atom is 0.337 e. The van der Waals surface area contributed by atoms with Crippen LogP contribution in [0.1, 0.15) is 44.0 Å². The van der Waals surface area contributed by atoms with Gasteiger partial charge in [0.2, 0.25) is 0 Å². The van der Waals surface area contributed by atoms with Gasteiger partial charge in [-0.3, -0.25) is 10.1 Å². The molecule has 0 aliphatic heterocycles. The predicted molar refractivity (Wildman–Crippen MR) is 77.0 cm³/mol. The van der Waals surface area contributed by atoms with Gasteiger partial charge in [0.25, 0.3) is 5.69 Å². The summed E-state index contributed by atoms with van der Waals surface area (Å²) in [6.45, 7) is 5.97. The van der Waals surface area contributed by atoms with Crippen LogP contribution in [0.15, 0.2) is 18.2 Å². The van der Waals surface area contributed by atoms with Gasteiger partial charge in [0.15, 0.2) is 0 Å². The number of rotatable bonds is 6. The zero-order chi connectivity index (χ0) is 15.3. The molecule has 0 unspecified atom stereocenters. The van der Waals surface area contributed by atoms with E-state index in [9.17, 15) is 14.9 Å². The largest absolute Gasteiger partial charge is 0.465 e. The Morgan fingerprint density at radius 3 is 2.60 bits per heavy atom. The third kappa shape index (κ3) is 3.94. The lowest BCUT2D eigenvalue weighted by Crippen LogP contribution is -2.30. The number of ether oxygens (including phenoxy) is 1. The molecule has 0 radical (unpaired) electrons. The molecule has 6 heteroatoms. The topological polar surface area (TPSA) is 81.5 Å². The van der Waals surface area contributed by atoms with Crippen LogP contribution in [0, 0.1) is 10.1 Å². The quantitative estimate of drug-likeness (QED) is 0.491. The second-order valence-corrected chi connectivity index (χ2v) is 5.24. The van der Waals surface area contributed by atoms with Crippen LogP contribution in [0.5, 0.6) is 0 Å². The van der Waals surface area contributed by atoms with Crippen molar-refractivity contribution in [2.45, 2.75) is 39.2 Å². The number of esters is 1. The van der Waals surface area contributed by atoms with Crippen molar-refractivity contribution in [3.8, 4) is 0 Å². The van der Waals surface area contributed by atoms with Crippen LogP contribution < -0.4 is 5.32 Å². The summed E-state index contributed by atoms with van der Waals surface area (Å²) in [4.78, 5) is 22.1. The van der Waals surface area contributed by atoms with E-state index < -0.39 is 10.9 Å². The number of nitrogens with one attached hydrogen (secondary N) is 1. The first-order chi connectivity index (χ1) is 9.30. The molecule has 0 spiro atoms. The van der Waals surface area contributed by atoms with Gasteiger partial charge in [-0.2, -0.15) is 0 Å². The molecule has 110 valence electrons. The van der Waals surface area contributed by atoms with Crippen LogP contribution in [0.3, 0.4) is 0 Å². The highest BCUT2D eigenvalue weighted by Crippen LogP contribution is 2.29. The van der Waals surface area contributed by atoms with E-state index in [1.807, 2.05) is 20.8 Å². The van der Waals surface area contributed by atoms with E-state index >= 15 is 0 Å². The Bertz CT molecular complexity index is 512. The van der Waals surface area contributed by atoms with E-state index in [1.54, 1.807) is 0 Å². The highest BCUT2D eigenvalue weighted by Gasteiger charge is 2.23. The van der Waals surface area contributed by atoms with Crippen molar-refractivity contribution >= 4 is 17.3 Å². The first-order valence-corrected chi connectivity index (χ1v) is 6.45. The molecule has 0 atom stereocenters. The molecular formula is C14H20N2O4. The minimum atomic E-state index is -0.517. The van der Waals surface area contributed by atoms with Gasteiger partial charge in [-0.15, -0.1) is 0 Å². The summed E-state index contributed by atoms with van der Waals surface area (Å²) in [6.07, 6.45) is 1.80. The number of nitro benzene ring substituents is 1. The molecule has 0 aliphatic carbocycles. The van der Waals surface area contributed by atoms with Crippen molar-refractivity contribution in [3.05, 3.63) is 33.9 Å². The van der Waals surface area contributed by atoms with E-state index in [0.29, 0.717) is 5.69 Å². The van der Waals surface area contributed by atoms with Gasteiger partial charge in [-0.25, -0.2) is 4.79 Å². The molecule has 0 aromatic heterocycles. The average Bonchev–Trinajstić information content (AvgIpc) is 2.36. The molecule has 0 saturated carbocycles. The molecule has 6 nitrogen and oxygen atoms in total. The Morgan fingerprint density at radius 1 is 1.45 bits per heavy atom. The number of benzene rings is 1. The van der Waals surface area contributed by atoms with Gasteiger partial charge in [-0.05, 0) is 32.4 Å². The Morgan fingerprint density at radius 2 is 2.10 bits per heavy atom. The maximum absolute atomic E-state index is 11.5. The fourth-order valence-corrected chi connectivity index (χ4v) is 2.09. The second-order valence-electron chi connectivity index (χ2n) is 5.24. The number of methoxy groups -OCH3 is 1. The number of carbonyl (C=O) groups excluding carboxylic acids is 1. The summed E-state index contributed by atoms with van der Waals surface area (Å²) in [6, 6.07) is 4.17. The molecule has 1 rings (SSSR count). The Labute approximate surface area is 118 Å². The zero-order valence-electron chi connectivity index (χ0n) is 12.2. The lowest BCUT2D eigenvalue weighted by molar-refractivity contribution is -0.384. The van der Waals surface area contributed by atoms with Gasteiger partial charge in [0.05, 0.1) is 17.6 Å². The smallest absolute Gasteiger partial charge is 0.337 e. The monoisotopic (exact) mass is 280 g/mol. The third-order valence-electron chi connectivity index (χ3n) is 2.96. The number of hydrogen-bond donors (Lipinski definition) is 1. The summed E-state index contributed by atoms with van der Waals surface area (Å²) in [7, 11) is 1.28. The molecular weight excluding hydrogens is 260 g/mol. The molecule has 0 bridgehead atoms. The molecule has 0 saturated heterocycles. The summed E-state index contributed by atoms with van der Waals surface area (Å²) in [5.41, 5.74) is 0.264. The SMILES string of the molecule is CCCC(C)(C)Nc1cc(C(=O)OC)ccc1[N+](=O)[O-]. The molecule has 0 fully saturated rings. The van der Waals surface area contributed by atoms with Crippen LogP contribution in [-0.2, 0) is 4.74 Å². The van der Waals surface area contributed by atoms with Crippen molar-refractivity contribution < 1.29 is 14.5 Å². The number of nitrogens with zero attached hydrogens (tertiary/aromatic N) is 1. The van der Waals surface area contributed by atoms with Crippen molar-refractivity contribution in [1.82, 2.24) is 0 Å². The molecule has 1 aromatic carbocycles. The molecule has 0 heterocycles. The minimum absolute atomic E-state index is 0.0539. The number of nitro groups is 1. The average molecular weight is 280 g/mol. The summed E-state index contributed by atoms with van der Waals surface area (Å²) in [5, 5.41) is 14.2. The highest BCUT2D eigenvalue weighted by molar-refractivity contribution is 5.91. The standard InChI is InChI=1S/C14H20N2O4/c1-5-8-14(2,3)15-11-9-10(13(17)20-4)6-7-12(11)16(18)19/h6-7,9,15H,5,8H2,1-4H3. The van der Waals surface area contributed by atoms with E-state index in [4.69, 9.17) is 0 Å². The van der Waals surface area contributed by atoms with Crippen LogP contribution >= 0.6 is 0 Å².